The van der Waals surface area contributed by atoms with Crippen molar-refractivity contribution in [1.82, 2.24) is 9.88 Å². The fraction of sp³-hybridized carbons (Fsp3) is 0.375. The van der Waals surface area contributed by atoms with Crippen molar-refractivity contribution in [3.8, 4) is 11.5 Å². The molecule has 0 spiro atoms. The summed E-state index contributed by atoms with van der Waals surface area (Å²) in [7, 11) is 3.31. The third-order valence-electron chi connectivity index (χ3n) is 5.98. The van der Waals surface area contributed by atoms with E-state index in [-0.39, 0.29) is 6.04 Å². The van der Waals surface area contributed by atoms with E-state index in [1.54, 1.807) is 20.4 Å². The Bertz CT molecular complexity index is 1000. The molecule has 164 valence electrons. The normalized spacial score (nSPS) is 16.8. The molecule has 3 aromatic rings. The van der Waals surface area contributed by atoms with Crippen LogP contribution in [0.25, 0.3) is 10.9 Å². The quantitative estimate of drug-likeness (QED) is 0.606. The minimum atomic E-state index is -0.584. The van der Waals surface area contributed by atoms with Crippen molar-refractivity contribution in [3.63, 3.8) is 0 Å². The van der Waals surface area contributed by atoms with Crippen LogP contribution in [0.2, 0.25) is 0 Å². The van der Waals surface area contributed by atoms with Gasteiger partial charge < -0.3 is 25.2 Å². The van der Waals surface area contributed by atoms with E-state index in [1.165, 1.54) is 5.69 Å². The Morgan fingerprint density at radius 1 is 0.968 bits per heavy atom. The van der Waals surface area contributed by atoms with E-state index in [0.717, 1.165) is 54.1 Å². The summed E-state index contributed by atoms with van der Waals surface area (Å²) in [5.41, 5.74) is 9.38. The molecule has 1 saturated heterocycles. The standard InChI is InChI=1S/C24H30N4O3/c1-30-20-7-4-19(5-8-20)27-9-11-28(12-10-27)24(29)15-22(25)18-13-17-3-6-21(31-2)14-23(17)26-16-18/h3-8,13-14,16,22,24,29H,9-12,15,25H2,1-2H3. The molecule has 0 aliphatic carbocycles. The second-order valence-corrected chi connectivity index (χ2v) is 7.87. The van der Waals surface area contributed by atoms with Crippen molar-refractivity contribution in [2.75, 3.05) is 45.3 Å². The molecule has 1 fully saturated rings. The van der Waals surface area contributed by atoms with Crippen LogP contribution in [0.5, 0.6) is 11.5 Å². The highest BCUT2D eigenvalue weighted by molar-refractivity contribution is 5.80. The number of methoxy groups -OCH3 is 2. The molecule has 7 nitrogen and oxygen atoms in total. The Labute approximate surface area is 183 Å². The van der Waals surface area contributed by atoms with Crippen LogP contribution in [0.3, 0.4) is 0 Å². The number of anilines is 1. The SMILES string of the molecule is COc1ccc(N2CCN(C(O)CC(N)c3cnc4cc(OC)ccc4c3)CC2)cc1. The van der Waals surface area contributed by atoms with Crippen LogP contribution < -0.4 is 20.1 Å². The van der Waals surface area contributed by atoms with Gasteiger partial charge in [-0.05, 0) is 48.0 Å². The first kappa shape index (κ1) is 21.4. The van der Waals surface area contributed by atoms with E-state index in [2.05, 4.69) is 26.9 Å². The summed E-state index contributed by atoms with van der Waals surface area (Å²) in [6.45, 7) is 3.29. The first-order chi connectivity index (χ1) is 15.1. The molecule has 1 aromatic heterocycles. The zero-order chi connectivity index (χ0) is 21.8. The van der Waals surface area contributed by atoms with Crippen LogP contribution in [-0.2, 0) is 0 Å². The summed E-state index contributed by atoms with van der Waals surface area (Å²) in [6.07, 6.45) is 1.67. The Morgan fingerprint density at radius 2 is 1.65 bits per heavy atom. The van der Waals surface area contributed by atoms with Crippen molar-refractivity contribution in [3.05, 3.63) is 60.3 Å². The Morgan fingerprint density at radius 3 is 2.32 bits per heavy atom. The number of hydrogen-bond donors (Lipinski definition) is 2. The summed E-state index contributed by atoms with van der Waals surface area (Å²) in [6, 6.07) is 15.7. The molecule has 3 N–H and O–H groups in total. The minimum Gasteiger partial charge on any atom is -0.497 e. The average molecular weight is 423 g/mol. The van der Waals surface area contributed by atoms with Gasteiger partial charge in [-0.25, -0.2) is 0 Å². The molecule has 31 heavy (non-hydrogen) atoms. The number of benzene rings is 2. The summed E-state index contributed by atoms with van der Waals surface area (Å²) >= 11 is 0. The number of nitrogens with two attached hydrogens (primary N) is 1. The van der Waals surface area contributed by atoms with Crippen molar-refractivity contribution < 1.29 is 14.6 Å². The van der Waals surface area contributed by atoms with Gasteiger partial charge in [0.2, 0.25) is 0 Å². The van der Waals surface area contributed by atoms with E-state index < -0.39 is 6.23 Å². The number of rotatable bonds is 7. The summed E-state index contributed by atoms with van der Waals surface area (Å²) in [5.74, 6) is 1.63. The van der Waals surface area contributed by atoms with Gasteiger partial charge in [0.25, 0.3) is 0 Å². The highest BCUT2D eigenvalue weighted by atomic mass is 16.5. The lowest BCUT2D eigenvalue weighted by Gasteiger charge is -2.39. The zero-order valence-electron chi connectivity index (χ0n) is 18.1. The van der Waals surface area contributed by atoms with Crippen molar-refractivity contribution >= 4 is 16.6 Å². The summed E-state index contributed by atoms with van der Waals surface area (Å²) < 4.78 is 10.5. The fourth-order valence-corrected chi connectivity index (χ4v) is 4.03. The van der Waals surface area contributed by atoms with E-state index in [4.69, 9.17) is 15.2 Å². The van der Waals surface area contributed by atoms with Crippen LogP contribution in [0, 0.1) is 0 Å². The molecule has 2 aromatic carbocycles. The molecular weight excluding hydrogens is 392 g/mol. The van der Waals surface area contributed by atoms with Gasteiger partial charge in [-0.15, -0.1) is 0 Å². The number of hydrogen-bond acceptors (Lipinski definition) is 7. The van der Waals surface area contributed by atoms with Crippen LogP contribution in [0.15, 0.2) is 54.7 Å². The molecule has 2 atom stereocenters. The minimum absolute atomic E-state index is 0.284. The first-order valence-corrected chi connectivity index (χ1v) is 10.6. The molecule has 2 heterocycles. The van der Waals surface area contributed by atoms with Crippen LogP contribution >= 0.6 is 0 Å². The van der Waals surface area contributed by atoms with Crippen molar-refractivity contribution in [1.29, 1.82) is 0 Å². The predicted molar refractivity (Wildman–Crippen MR) is 123 cm³/mol. The molecule has 0 bridgehead atoms. The topological polar surface area (TPSA) is 84.1 Å². The van der Waals surface area contributed by atoms with Gasteiger partial charge in [0.05, 0.1) is 19.7 Å². The Hall–Kier alpha value is -2.87. The summed E-state index contributed by atoms with van der Waals surface area (Å²) in [4.78, 5) is 8.94. The monoisotopic (exact) mass is 422 g/mol. The van der Waals surface area contributed by atoms with E-state index >= 15 is 0 Å². The lowest BCUT2D eigenvalue weighted by Crippen LogP contribution is -2.51. The maximum atomic E-state index is 10.8. The fourth-order valence-electron chi connectivity index (χ4n) is 4.03. The molecule has 7 heteroatoms. The van der Waals surface area contributed by atoms with E-state index in [0.29, 0.717) is 6.42 Å². The van der Waals surface area contributed by atoms with Gasteiger partial charge >= 0.3 is 0 Å². The second kappa shape index (κ2) is 9.51. The number of aliphatic hydroxyl groups is 1. The number of ether oxygens (including phenoxy) is 2. The maximum absolute atomic E-state index is 10.8. The number of nitrogens with zero attached hydrogens (tertiary/aromatic N) is 3. The zero-order valence-corrected chi connectivity index (χ0v) is 18.1. The van der Waals surface area contributed by atoms with E-state index in [9.17, 15) is 5.11 Å². The largest absolute Gasteiger partial charge is 0.497 e. The lowest BCUT2D eigenvalue weighted by molar-refractivity contribution is -0.0100. The molecule has 1 aliphatic rings. The molecule has 2 unspecified atom stereocenters. The molecule has 0 saturated carbocycles. The van der Waals surface area contributed by atoms with Gasteiger partial charge in [-0.1, -0.05) is 0 Å². The molecule has 0 amide bonds. The summed E-state index contributed by atoms with van der Waals surface area (Å²) in [5, 5.41) is 11.8. The third kappa shape index (κ3) is 4.90. The molecule has 0 radical (unpaired) electrons. The average Bonchev–Trinajstić information content (AvgIpc) is 2.83. The number of fused-ring (bicyclic) bond motifs is 1. The predicted octanol–water partition coefficient (Wildman–Crippen LogP) is 2.78. The lowest BCUT2D eigenvalue weighted by atomic mass is 10.0. The van der Waals surface area contributed by atoms with Gasteiger partial charge in [0.1, 0.15) is 17.7 Å². The van der Waals surface area contributed by atoms with Gasteiger partial charge in [-0.2, -0.15) is 0 Å². The smallest absolute Gasteiger partial charge is 0.121 e. The number of aromatic nitrogens is 1. The van der Waals surface area contributed by atoms with Crippen LogP contribution in [0.4, 0.5) is 5.69 Å². The van der Waals surface area contributed by atoms with Gasteiger partial charge in [0.15, 0.2) is 0 Å². The molecule has 1 aliphatic heterocycles. The van der Waals surface area contributed by atoms with Gasteiger partial charge in [-0.3, -0.25) is 9.88 Å². The molecular formula is C24H30N4O3. The van der Waals surface area contributed by atoms with E-state index in [1.807, 2.05) is 36.4 Å². The third-order valence-corrected chi connectivity index (χ3v) is 5.98. The Balaban J connectivity index is 1.33. The van der Waals surface area contributed by atoms with Crippen LogP contribution in [-0.4, -0.2) is 61.6 Å². The first-order valence-electron chi connectivity index (χ1n) is 10.6. The van der Waals surface area contributed by atoms with Crippen molar-refractivity contribution in [2.24, 2.45) is 5.73 Å². The number of pyridine rings is 1. The number of piperazine rings is 1. The van der Waals surface area contributed by atoms with Gasteiger partial charge in [0, 0.05) is 62.0 Å². The van der Waals surface area contributed by atoms with Crippen molar-refractivity contribution in [2.45, 2.75) is 18.7 Å². The maximum Gasteiger partial charge on any atom is 0.121 e. The number of aliphatic hydroxyl groups excluding tert-OH is 1. The molecule has 4 rings (SSSR count). The Kier molecular flexibility index (Phi) is 6.56. The second-order valence-electron chi connectivity index (χ2n) is 7.87. The highest BCUT2D eigenvalue weighted by Gasteiger charge is 2.24. The van der Waals surface area contributed by atoms with Crippen LogP contribution in [0.1, 0.15) is 18.0 Å². The highest BCUT2D eigenvalue weighted by Crippen LogP contribution is 2.25.